The molecule has 8 heteroatoms. The van der Waals surface area contributed by atoms with E-state index in [2.05, 4.69) is 15.9 Å². The van der Waals surface area contributed by atoms with Gasteiger partial charge in [-0.1, -0.05) is 15.9 Å². The van der Waals surface area contributed by atoms with E-state index in [-0.39, 0.29) is 31.1 Å². The van der Waals surface area contributed by atoms with Crippen molar-refractivity contribution in [3.63, 3.8) is 0 Å². The Hall–Kier alpha value is -1.67. The number of ether oxygens (including phenoxy) is 1. The number of benzene rings is 1. The van der Waals surface area contributed by atoms with Crippen LogP contribution in [0.5, 0.6) is 0 Å². The van der Waals surface area contributed by atoms with Gasteiger partial charge >= 0.3 is 5.97 Å². The number of hydrogen-bond donors (Lipinski definition) is 1. The quantitative estimate of drug-likeness (QED) is 0.605. The largest absolute Gasteiger partial charge is 0.480 e. The molecule has 7 nitrogen and oxygen atoms in total. The number of methoxy groups -OCH3 is 1. The fourth-order valence-electron chi connectivity index (χ4n) is 1.56. The van der Waals surface area contributed by atoms with E-state index in [1.54, 1.807) is 6.07 Å². The standard InChI is InChI=1S/C11H13BrN2O5/c1-19-5-4-13(7-11(15)16)9-3-2-8(12)6-10(9)14(17)18/h2-3,6H,4-5,7H2,1H3,(H,15,16). The van der Waals surface area contributed by atoms with Crippen molar-refractivity contribution in [3.05, 3.63) is 32.8 Å². The molecule has 0 unspecified atom stereocenters. The van der Waals surface area contributed by atoms with Gasteiger partial charge in [0.15, 0.2) is 0 Å². The number of carboxylic acids is 1. The van der Waals surface area contributed by atoms with Crippen molar-refractivity contribution in [1.82, 2.24) is 0 Å². The third-order valence-corrected chi connectivity index (χ3v) is 2.86. The Morgan fingerprint density at radius 3 is 2.79 bits per heavy atom. The second kappa shape index (κ2) is 7.05. The average Bonchev–Trinajstić information content (AvgIpc) is 2.34. The number of anilines is 1. The van der Waals surface area contributed by atoms with Crippen LogP contribution in [0.2, 0.25) is 0 Å². The number of carboxylic acid groups (broad SMARTS) is 1. The molecule has 1 rings (SSSR count). The normalized spacial score (nSPS) is 10.2. The van der Waals surface area contributed by atoms with Crippen LogP contribution in [0, 0.1) is 10.1 Å². The average molecular weight is 333 g/mol. The van der Waals surface area contributed by atoms with Crippen LogP contribution in [-0.4, -0.2) is 42.8 Å². The summed E-state index contributed by atoms with van der Waals surface area (Å²) in [6.07, 6.45) is 0. The zero-order valence-corrected chi connectivity index (χ0v) is 11.8. The Labute approximate surface area is 118 Å². The van der Waals surface area contributed by atoms with E-state index >= 15 is 0 Å². The van der Waals surface area contributed by atoms with Gasteiger partial charge in [0, 0.05) is 24.2 Å². The van der Waals surface area contributed by atoms with Crippen LogP contribution in [0.4, 0.5) is 11.4 Å². The second-order valence-electron chi connectivity index (χ2n) is 3.70. The lowest BCUT2D eigenvalue weighted by molar-refractivity contribution is -0.384. The van der Waals surface area contributed by atoms with Crippen molar-refractivity contribution in [2.24, 2.45) is 0 Å². The summed E-state index contributed by atoms with van der Waals surface area (Å²) in [6, 6.07) is 4.49. The van der Waals surface area contributed by atoms with Crippen LogP contribution >= 0.6 is 15.9 Å². The van der Waals surface area contributed by atoms with Gasteiger partial charge in [-0.15, -0.1) is 0 Å². The zero-order chi connectivity index (χ0) is 14.4. The first-order chi connectivity index (χ1) is 8.95. The van der Waals surface area contributed by atoms with Crippen molar-refractivity contribution in [2.45, 2.75) is 0 Å². The zero-order valence-electron chi connectivity index (χ0n) is 10.2. The monoisotopic (exact) mass is 332 g/mol. The minimum Gasteiger partial charge on any atom is -0.480 e. The number of nitro groups is 1. The van der Waals surface area contributed by atoms with Gasteiger partial charge in [-0.2, -0.15) is 0 Å². The smallest absolute Gasteiger partial charge is 0.323 e. The van der Waals surface area contributed by atoms with Gasteiger partial charge < -0.3 is 14.7 Å². The summed E-state index contributed by atoms with van der Waals surface area (Å²) in [4.78, 5) is 22.7. The van der Waals surface area contributed by atoms with E-state index in [1.165, 1.54) is 24.1 Å². The summed E-state index contributed by atoms with van der Waals surface area (Å²) >= 11 is 3.15. The number of nitrogens with zero attached hydrogens (tertiary/aromatic N) is 2. The number of halogens is 1. The molecule has 0 fully saturated rings. The molecule has 0 aliphatic heterocycles. The molecule has 104 valence electrons. The third kappa shape index (κ3) is 4.49. The molecule has 1 aromatic carbocycles. The Kier molecular flexibility index (Phi) is 5.71. The van der Waals surface area contributed by atoms with Crippen LogP contribution in [0.25, 0.3) is 0 Å². The maximum Gasteiger partial charge on any atom is 0.323 e. The van der Waals surface area contributed by atoms with Gasteiger partial charge in [-0.05, 0) is 12.1 Å². The maximum atomic E-state index is 11.0. The molecular formula is C11H13BrN2O5. The lowest BCUT2D eigenvalue weighted by atomic mass is 10.2. The predicted molar refractivity (Wildman–Crippen MR) is 72.5 cm³/mol. The Balaban J connectivity index is 3.12. The van der Waals surface area contributed by atoms with Gasteiger partial charge in [0.2, 0.25) is 0 Å². The highest BCUT2D eigenvalue weighted by Gasteiger charge is 2.21. The molecule has 1 N–H and O–H groups in total. The van der Waals surface area contributed by atoms with Crippen LogP contribution in [0.3, 0.4) is 0 Å². The number of carbonyl (C=O) groups is 1. The van der Waals surface area contributed by atoms with Gasteiger partial charge in [0.25, 0.3) is 5.69 Å². The fraction of sp³-hybridized carbons (Fsp3) is 0.364. The second-order valence-corrected chi connectivity index (χ2v) is 4.61. The van der Waals surface area contributed by atoms with Crippen molar-refractivity contribution in [2.75, 3.05) is 31.7 Å². The first-order valence-electron chi connectivity index (χ1n) is 5.35. The number of rotatable bonds is 7. The third-order valence-electron chi connectivity index (χ3n) is 2.37. The fourth-order valence-corrected chi connectivity index (χ4v) is 1.91. The lowest BCUT2D eigenvalue weighted by Gasteiger charge is -2.22. The van der Waals surface area contributed by atoms with E-state index in [0.717, 1.165) is 0 Å². The van der Waals surface area contributed by atoms with Crippen molar-refractivity contribution >= 4 is 33.3 Å². The minimum absolute atomic E-state index is 0.147. The molecule has 0 atom stereocenters. The molecule has 0 saturated heterocycles. The first kappa shape index (κ1) is 15.4. The van der Waals surface area contributed by atoms with E-state index < -0.39 is 10.9 Å². The lowest BCUT2D eigenvalue weighted by Crippen LogP contribution is -2.33. The molecule has 0 heterocycles. The Morgan fingerprint density at radius 2 is 2.26 bits per heavy atom. The van der Waals surface area contributed by atoms with Crippen molar-refractivity contribution < 1.29 is 19.6 Å². The number of hydrogen-bond acceptors (Lipinski definition) is 5. The van der Waals surface area contributed by atoms with Gasteiger partial charge in [-0.3, -0.25) is 14.9 Å². The Bertz CT molecular complexity index is 480. The molecule has 0 radical (unpaired) electrons. The number of aliphatic carboxylic acids is 1. The molecule has 0 amide bonds. The van der Waals surface area contributed by atoms with E-state index in [9.17, 15) is 14.9 Å². The van der Waals surface area contributed by atoms with Crippen LogP contribution in [0.15, 0.2) is 22.7 Å². The van der Waals surface area contributed by atoms with Crippen LogP contribution in [-0.2, 0) is 9.53 Å². The summed E-state index contributed by atoms with van der Waals surface area (Å²) in [5.41, 5.74) is 0.111. The molecular weight excluding hydrogens is 320 g/mol. The van der Waals surface area contributed by atoms with Gasteiger partial charge in [-0.25, -0.2) is 0 Å². The predicted octanol–water partition coefficient (Wildman–Crippen LogP) is 1.89. The van der Waals surface area contributed by atoms with Crippen LogP contribution in [0.1, 0.15) is 0 Å². The molecule has 0 aliphatic carbocycles. The summed E-state index contributed by atoms with van der Waals surface area (Å²) < 4.78 is 5.45. The molecule has 0 bridgehead atoms. The summed E-state index contributed by atoms with van der Waals surface area (Å²) in [7, 11) is 1.48. The number of nitro benzene ring substituents is 1. The molecule has 0 saturated carbocycles. The first-order valence-corrected chi connectivity index (χ1v) is 6.14. The van der Waals surface area contributed by atoms with E-state index in [0.29, 0.717) is 4.47 Å². The highest BCUT2D eigenvalue weighted by atomic mass is 79.9. The summed E-state index contributed by atoms with van der Waals surface area (Å²) in [5.74, 6) is -1.06. The topological polar surface area (TPSA) is 92.9 Å². The summed E-state index contributed by atoms with van der Waals surface area (Å²) in [6.45, 7) is 0.206. The molecule has 0 aromatic heterocycles. The van der Waals surface area contributed by atoms with E-state index in [1.807, 2.05) is 0 Å². The molecule has 0 aliphatic rings. The van der Waals surface area contributed by atoms with Gasteiger partial charge in [0.05, 0.1) is 11.5 Å². The highest BCUT2D eigenvalue weighted by Crippen LogP contribution is 2.31. The summed E-state index contributed by atoms with van der Waals surface area (Å²) in [5, 5.41) is 19.9. The molecule has 19 heavy (non-hydrogen) atoms. The van der Waals surface area contributed by atoms with Crippen LogP contribution < -0.4 is 4.90 Å². The highest BCUT2D eigenvalue weighted by molar-refractivity contribution is 9.10. The van der Waals surface area contributed by atoms with Gasteiger partial charge in [0.1, 0.15) is 12.2 Å². The molecule has 0 spiro atoms. The Morgan fingerprint density at radius 1 is 1.58 bits per heavy atom. The van der Waals surface area contributed by atoms with Crippen molar-refractivity contribution in [1.29, 1.82) is 0 Å². The van der Waals surface area contributed by atoms with E-state index in [4.69, 9.17) is 9.84 Å². The van der Waals surface area contributed by atoms with Crippen molar-refractivity contribution in [3.8, 4) is 0 Å². The maximum absolute atomic E-state index is 11.0. The minimum atomic E-state index is -1.06. The molecule has 1 aromatic rings. The SMILES string of the molecule is COCCN(CC(=O)O)c1ccc(Br)cc1[N+](=O)[O-].